The fourth-order valence-electron chi connectivity index (χ4n) is 1.95. The fourth-order valence-corrected chi connectivity index (χ4v) is 1.95. The van der Waals surface area contributed by atoms with E-state index in [-0.39, 0.29) is 0 Å². The molecule has 2 aromatic rings. The summed E-state index contributed by atoms with van der Waals surface area (Å²) in [4.78, 5) is 26.4. The van der Waals surface area contributed by atoms with Gasteiger partial charge in [0.25, 0.3) is 5.91 Å². The van der Waals surface area contributed by atoms with E-state index in [1.54, 1.807) is 24.3 Å². The van der Waals surface area contributed by atoms with Gasteiger partial charge < -0.3 is 15.4 Å². The Bertz CT molecular complexity index is 682. The number of fused-ring (bicyclic) bond motifs is 1. The topological polar surface area (TPSA) is 82.2 Å². The predicted octanol–water partition coefficient (Wildman–Crippen LogP) is 1.48. The van der Waals surface area contributed by atoms with Crippen LogP contribution in [0.5, 0.6) is 0 Å². The van der Waals surface area contributed by atoms with Crippen LogP contribution in [0.4, 0.5) is 8.78 Å². The van der Waals surface area contributed by atoms with Gasteiger partial charge in [0.1, 0.15) is 6.61 Å². The van der Waals surface area contributed by atoms with Gasteiger partial charge in [0.2, 0.25) is 0 Å². The first-order chi connectivity index (χ1) is 9.86. The van der Waals surface area contributed by atoms with Crippen LogP contribution in [0, 0.1) is 0 Å². The summed E-state index contributed by atoms with van der Waals surface area (Å²) < 4.78 is 26.0. The number of benzene rings is 1. The highest BCUT2D eigenvalue weighted by Gasteiger charge is 2.39. The number of alkyl halides is 2. The lowest BCUT2D eigenvalue weighted by molar-refractivity contribution is -0.151. The summed E-state index contributed by atoms with van der Waals surface area (Å²) in [6.07, 6.45) is 1.47. The standard InChI is InChI=1S/C14H14F2N2O3/c1-8(18-13(21)14(15,16)7-19)12(20)10-6-17-11-5-3-2-4-9(10)11/h2-6,8,17,19H,7H2,1H3,(H,18,21)/t8-/m1/s1. The number of hydrogen-bond donors (Lipinski definition) is 3. The number of ketones is 1. The Morgan fingerprint density at radius 3 is 2.71 bits per heavy atom. The largest absolute Gasteiger partial charge is 0.390 e. The average molecular weight is 296 g/mol. The van der Waals surface area contributed by atoms with Gasteiger partial charge in [0, 0.05) is 22.7 Å². The second kappa shape index (κ2) is 5.61. The van der Waals surface area contributed by atoms with Gasteiger partial charge in [-0.1, -0.05) is 18.2 Å². The lowest BCUT2D eigenvalue weighted by atomic mass is 10.0. The van der Waals surface area contributed by atoms with Crippen LogP contribution in [-0.2, 0) is 4.79 Å². The number of aromatic nitrogens is 1. The molecule has 1 aromatic heterocycles. The third-order valence-corrected chi connectivity index (χ3v) is 3.13. The molecule has 0 aliphatic heterocycles. The number of Topliss-reactive ketones (excluding diaryl/α,β-unsaturated/α-hetero) is 1. The summed E-state index contributed by atoms with van der Waals surface area (Å²) in [6, 6.07) is 5.90. The Balaban J connectivity index is 2.18. The van der Waals surface area contributed by atoms with Gasteiger partial charge >= 0.3 is 5.92 Å². The van der Waals surface area contributed by atoms with E-state index in [1.807, 2.05) is 5.32 Å². The molecule has 1 amide bonds. The molecule has 1 aromatic carbocycles. The number of hydrogen-bond acceptors (Lipinski definition) is 3. The number of para-hydroxylation sites is 1. The van der Waals surface area contributed by atoms with Crippen molar-refractivity contribution < 1.29 is 23.5 Å². The van der Waals surface area contributed by atoms with E-state index in [0.717, 1.165) is 5.52 Å². The van der Waals surface area contributed by atoms with Crippen LogP contribution < -0.4 is 5.32 Å². The Kier molecular flexibility index (Phi) is 4.04. The van der Waals surface area contributed by atoms with E-state index >= 15 is 0 Å². The zero-order chi connectivity index (χ0) is 15.6. The van der Waals surface area contributed by atoms with Gasteiger partial charge in [-0.2, -0.15) is 8.78 Å². The molecule has 5 nitrogen and oxygen atoms in total. The van der Waals surface area contributed by atoms with Crippen LogP contribution in [-0.4, -0.2) is 40.4 Å². The SMILES string of the molecule is C[C@@H](NC(=O)C(F)(F)CO)C(=O)c1c[nH]c2ccccc12. The summed E-state index contributed by atoms with van der Waals surface area (Å²) in [6.45, 7) is -0.289. The summed E-state index contributed by atoms with van der Waals surface area (Å²) in [5.41, 5.74) is 1.05. The number of aliphatic hydroxyl groups is 1. The smallest absolute Gasteiger partial charge is 0.346 e. The van der Waals surface area contributed by atoms with Crippen LogP contribution in [0.1, 0.15) is 17.3 Å². The summed E-state index contributed by atoms with van der Waals surface area (Å²) in [5, 5.41) is 11.0. The van der Waals surface area contributed by atoms with Crippen molar-refractivity contribution in [2.24, 2.45) is 0 Å². The molecule has 3 N–H and O–H groups in total. The van der Waals surface area contributed by atoms with E-state index < -0.39 is 30.3 Å². The monoisotopic (exact) mass is 296 g/mol. The number of H-pyrrole nitrogens is 1. The molecule has 0 unspecified atom stereocenters. The fraction of sp³-hybridized carbons (Fsp3) is 0.286. The highest BCUT2D eigenvalue weighted by Crippen LogP contribution is 2.19. The van der Waals surface area contributed by atoms with Crippen molar-refractivity contribution in [3.8, 4) is 0 Å². The molecule has 0 aliphatic rings. The minimum atomic E-state index is -3.91. The molecule has 7 heteroatoms. The minimum Gasteiger partial charge on any atom is -0.390 e. The highest BCUT2D eigenvalue weighted by atomic mass is 19.3. The molecule has 112 valence electrons. The number of nitrogens with one attached hydrogen (secondary N) is 2. The lowest BCUT2D eigenvalue weighted by Crippen LogP contribution is -2.48. The van der Waals surface area contributed by atoms with Crippen molar-refractivity contribution in [1.82, 2.24) is 10.3 Å². The molecule has 1 heterocycles. The van der Waals surface area contributed by atoms with Gasteiger partial charge in [0.15, 0.2) is 5.78 Å². The van der Waals surface area contributed by atoms with Crippen molar-refractivity contribution in [2.75, 3.05) is 6.61 Å². The van der Waals surface area contributed by atoms with Crippen molar-refractivity contribution in [3.05, 3.63) is 36.0 Å². The van der Waals surface area contributed by atoms with Crippen molar-refractivity contribution >= 4 is 22.6 Å². The highest BCUT2D eigenvalue weighted by molar-refractivity contribution is 6.11. The Morgan fingerprint density at radius 2 is 2.05 bits per heavy atom. The molecular formula is C14H14F2N2O3. The molecule has 2 rings (SSSR count). The molecule has 0 fully saturated rings. The van der Waals surface area contributed by atoms with Gasteiger partial charge in [0.05, 0.1) is 6.04 Å². The van der Waals surface area contributed by atoms with Crippen LogP contribution in [0.15, 0.2) is 30.5 Å². The number of amides is 1. The summed E-state index contributed by atoms with van der Waals surface area (Å²) in [5.74, 6) is -6.07. The number of halogens is 2. The first-order valence-corrected chi connectivity index (χ1v) is 6.27. The molecule has 1 atom stereocenters. The van der Waals surface area contributed by atoms with Crippen LogP contribution in [0.2, 0.25) is 0 Å². The van der Waals surface area contributed by atoms with E-state index in [0.29, 0.717) is 10.9 Å². The molecule has 0 aliphatic carbocycles. The van der Waals surface area contributed by atoms with E-state index in [1.165, 1.54) is 13.1 Å². The second-order valence-electron chi connectivity index (χ2n) is 4.67. The number of rotatable bonds is 5. The summed E-state index contributed by atoms with van der Waals surface area (Å²) >= 11 is 0. The molecular weight excluding hydrogens is 282 g/mol. The first kappa shape index (κ1) is 15.1. The third-order valence-electron chi connectivity index (χ3n) is 3.13. The van der Waals surface area contributed by atoms with E-state index in [4.69, 9.17) is 5.11 Å². The van der Waals surface area contributed by atoms with E-state index in [2.05, 4.69) is 4.98 Å². The van der Waals surface area contributed by atoms with Crippen molar-refractivity contribution in [1.29, 1.82) is 0 Å². The molecule has 21 heavy (non-hydrogen) atoms. The zero-order valence-corrected chi connectivity index (χ0v) is 11.2. The Morgan fingerprint density at radius 1 is 1.38 bits per heavy atom. The minimum absolute atomic E-state index is 0.311. The number of carbonyl (C=O) groups is 2. The van der Waals surface area contributed by atoms with Crippen LogP contribution in [0.25, 0.3) is 10.9 Å². The predicted molar refractivity (Wildman–Crippen MR) is 72.3 cm³/mol. The molecule has 0 saturated carbocycles. The van der Waals surface area contributed by atoms with Gasteiger partial charge in [-0.3, -0.25) is 9.59 Å². The first-order valence-electron chi connectivity index (χ1n) is 6.27. The van der Waals surface area contributed by atoms with Gasteiger partial charge in [-0.25, -0.2) is 0 Å². The van der Waals surface area contributed by atoms with Crippen molar-refractivity contribution in [2.45, 2.75) is 18.9 Å². The lowest BCUT2D eigenvalue weighted by Gasteiger charge is -2.17. The number of carbonyl (C=O) groups excluding carboxylic acids is 2. The molecule has 0 spiro atoms. The van der Waals surface area contributed by atoms with Crippen LogP contribution in [0.3, 0.4) is 0 Å². The second-order valence-corrected chi connectivity index (χ2v) is 4.67. The quantitative estimate of drug-likeness (QED) is 0.731. The van der Waals surface area contributed by atoms with Crippen molar-refractivity contribution in [3.63, 3.8) is 0 Å². The summed E-state index contributed by atoms with van der Waals surface area (Å²) in [7, 11) is 0. The number of aromatic amines is 1. The third kappa shape index (κ3) is 2.92. The Labute approximate surface area is 119 Å². The number of aliphatic hydroxyl groups excluding tert-OH is 1. The maximum atomic E-state index is 13.0. The maximum absolute atomic E-state index is 13.0. The molecule has 0 saturated heterocycles. The zero-order valence-electron chi connectivity index (χ0n) is 11.2. The maximum Gasteiger partial charge on any atom is 0.346 e. The normalized spacial score (nSPS) is 13.1. The average Bonchev–Trinajstić information content (AvgIpc) is 2.90. The van der Waals surface area contributed by atoms with Gasteiger partial charge in [-0.15, -0.1) is 0 Å². The van der Waals surface area contributed by atoms with Crippen LogP contribution >= 0.6 is 0 Å². The van der Waals surface area contributed by atoms with E-state index in [9.17, 15) is 18.4 Å². The molecule has 0 bridgehead atoms. The Hall–Kier alpha value is -2.28. The molecule has 0 radical (unpaired) electrons. The van der Waals surface area contributed by atoms with Gasteiger partial charge in [-0.05, 0) is 13.0 Å².